The Morgan fingerprint density at radius 3 is 2.55 bits per heavy atom. The molecule has 0 aliphatic heterocycles. The molecule has 0 aliphatic rings. The largest absolute Gasteiger partial charge is 0.506 e. The van der Waals surface area contributed by atoms with E-state index in [4.69, 9.17) is 16.3 Å². The van der Waals surface area contributed by atoms with Crippen LogP contribution in [0.5, 0.6) is 5.75 Å². The van der Waals surface area contributed by atoms with E-state index in [0.29, 0.717) is 18.2 Å². The van der Waals surface area contributed by atoms with Crippen molar-refractivity contribution < 1.29 is 9.84 Å². The van der Waals surface area contributed by atoms with Gasteiger partial charge in [0.15, 0.2) is 0 Å². The van der Waals surface area contributed by atoms with E-state index in [1.54, 1.807) is 19.2 Å². The molecule has 0 unspecified atom stereocenters. The highest BCUT2D eigenvalue weighted by molar-refractivity contribution is 6.32. The summed E-state index contributed by atoms with van der Waals surface area (Å²) in [6.45, 7) is 2.07. The first kappa shape index (κ1) is 14.9. The molecule has 0 bridgehead atoms. The normalized spacial score (nSPS) is 10.7. The molecule has 0 fully saturated rings. The van der Waals surface area contributed by atoms with Crippen molar-refractivity contribution in [1.82, 2.24) is 5.32 Å². The molecule has 4 heteroatoms. The molecule has 2 rings (SSSR count). The maximum atomic E-state index is 9.38. The van der Waals surface area contributed by atoms with E-state index >= 15 is 0 Å². The number of halogens is 1. The van der Waals surface area contributed by atoms with E-state index in [1.807, 2.05) is 18.2 Å². The number of rotatable bonds is 6. The second kappa shape index (κ2) is 7.29. The van der Waals surface area contributed by atoms with Crippen LogP contribution in [0.15, 0.2) is 42.5 Å². The molecule has 0 spiro atoms. The Hall–Kier alpha value is -1.55. The van der Waals surface area contributed by atoms with Crippen LogP contribution >= 0.6 is 11.6 Å². The lowest BCUT2D eigenvalue weighted by molar-refractivity contribution is 0.184. The van der Waals surface area contributed by atoms with Crippen LogP contribution in [-0.4, -0.2) is 12.2 Å². The molecule has 0 atom stereocenters. The van der Waals surface area contributed by atoms with Gasteiger partial charge in [0.2, 0.25) is 0 Å². The molecule has 2 N–H and O–H groups in total. The van der Waals surface area contributed by atoms with Crippen LogP contribution in [-0.2, 0) is 24.4 Å². The van der Waals surface area contributed by atoms with E-state index in [1.165, 1.54) is 11.1 Å². The lowest BCUT2D eigenvalue weighted by Crippen LogP contribution is -2.14. The molecular weight excluding hydrogens is 274 g/mol. The molecule has 0 aliphatic carbocycles. The van der Waals surface area contributed by atoms with Crippen LogP contribution in [0.2, 0.25) is 5.02 Å². The average Bonchev–Trinajstić information content (AvgIpc) is 2.45. The van der Waals surface area contributed by atoms with Gasteiger partial charge in [-0.2, -0.15) is 0 Å². The zero-order valence-corrected chi connectivity index (χ0v) is 12.2. The van der Waals surface area contributed by atoms with Crippen molar-refractivity contribution in [2.75, 3.05) is 7.11 Å². The van der Waals surface area contributed by atoms with Crippen molar-refractivity contribution in [2.45, 2.75) is 19.7 Å². The topological polar surface area (TPSA) is 41.5 Å². The molecule has 0 saturated heterocycles. The summed E-state index contributed by atoms with van der Waals surface area (Å²) in [6, 6.07) is 13.4. The number of phenolic OH excluding ortho intramolecular Hbond substituents is 1. The Labute approximate surface area is 124 Å². The lowest BCUT2D eigenvalue weighted by atomic mass is 10.1. The van der Waals surface area contributed by atoms with Crippen LogP contribution < -0.4 is 5.32 Å². The summed E-state index contributed by atoms with van der Waals surface area (Å²) in [6.07, 6.45) is 0. The zero-order valence-electron chi connectivity index (χ0n) is 11.4. The highest BCUT2D eigenvalue weighted by Gasteiger charge is 2.02. The third-order valence-electron chi connectivity index (χ3n) is 3.07. The number of ether oxygens (including phenoxy) is 1. The van der Waals surface area contributed by atoms with Gasteiger partial charge in [-0.3, -0.25) is 0 Å². The molecule has 2 aromatic rings. The second-order valence-corrected chi connectivity index (χ2v) is 5.00. The van der Waals surface area contributed by atoms with E-state index in [0.717, 1.165) is 12.1 Å². The molecule has 0 radical (unpaired) electrons. The monoisotopic (exact) mass is 291 g/mol. The summed E-state index contributed by atoms with van der Waals surface area (Å²) in [5.74, 6) is 0.112. The first-order valence-corrected chi connectivity index (χ1v) is 6.82. The van der Waals surface area contributed by atoms with Crippen LogP contribution in [0.4, 0.5) is 0 Å². The van der Waals surface area contributed by atoms with Gasteiger partial charge in [-0.1, -0.05) is 41.9 Å². The minimum absolute atomic E-state index is 0.112. The van der Waals surface area contributed by atoms with Crippen LogP contribution in [0.25, 0.3) is 0 Å². The van der Waals surface area contributed by atoms with Gasteiger partial charge >= 0.3 is 0 Å². The Bertz CT molecular complexity index is 572. The Morgan fingerprint density at radius 2 is 1.85 bits per heavy atom. The number of benzene rings is 2. The molecule has 0 aromatic heterocycles. The highest BCUT2D eigenvalue weighted by atomic mass is 35.5. The Balaban J connectivity index is 1.94. The van der Waals surface area contributed by atoms with E-state index in [-0.39, 0.29) is 5.75 Å². The van der Waals surface area contributed by atoms with Gasteiger partial charge in [0.1, 0.15) is 5.75 Å². The summed E-state index contributed by atoms with van der Waals surface area (Å²) >= 11 is 5.88. The number of phenols is 1. The smallest absolute Gasteiger partial charge is 0.134 e. The van der Waals surface area contributed by atoms with Crippen LogP contribution in [0.1, 0.15) is 16.7 Å². The predicted molar refractivity (Wildman–Crippen MR) is 80.8 cm³/mol. The van der Waals surface area contributed by atoms with Crippen molar-refractivity contribution >= 4 is 11.6 Å². The van der Waals surface area contributed by atoms with Gasteiger partial charge in [0, 0.05) is 20.2 Å². The van der Waals surface area contributed by atoms with E-state index in [9.17, 15) is 5.11 Å². The van der Waals surface area contributed by atoms with Gasteiger partial charge < -0.3 is 15.2 Å². The quantitative estimate of drug-likeness (QED) is 0.856. The highest BCUT2D eigenvalue weighted by Crippen LogP contribution is 2.23. The third kappa shape index (κ3) is 3.97. The average molecular weight is 292 g/mol. The zero-order chi connectivity index (χ0) is 14.4. The minimum Gasteiger partial charge on any atom is -0.506 e. The summed E-state index contributed by atoms with van der Waals surface area (Å²) < 4.78 is 5.19. The van der Waals surface area contributed by atoms with Crippen molar-refractivity contribution in [3.63, 3.8) is 0 Å². The number of aromatic hydroxyl groups is 1. The lowest BCUT2D eigenvalue weighted by Gasteiger charge is -2.10. The summed E-state index contributed by atoms with van der Waals surface area (Å²) in [7, 11) is 1.70. The van der Waals surface area contributed by atoms with Gasteiger partial charge in [0.25, 0.3) is 0 Å². The first-order valence-electron chi connectivity index (χ1n) is 6.44. The van der Waals surface area contributed by atoms with Crippen molar-refractivity contribution in [3.05, 3.63) is 64.2 Å². The van der Waals surface area contributed by atoms with E-state index < -0.39 is 0 Å². The standard InChI is InChI=1S/C16H18ClNO2/c1-20-11-14-5-3-2-4-13(14)10-18-9-12-6-7-16(19)15(17)8-12/h2-8,18-19H,9-11H2,1H3. The van der Waals surface area contributed by atoms with Crippen molar-refractivity contribution in [2.24, 2.45) is 0 Å². The number of methoxy groups -OCH3 is 1. The molecule has 0 saturated carbocycles. The van der Waals surface area contributed by atoms with Crippen LogP contribution in [0, 0.1) is 0 Å². The fourth-order valence-corrected chi connectivity index (χ4v) is 2.23. The van der Waals surface area contributed by atoms with Gasteiger partial charge in [0.05, 0.1) is 11.6 Å². The molecule has 0 heterocycles. The molecular formula is C16H18ClNO2. The number of hydrogen-bond acceptors (Lipinski definition) is 3. The summed E-state index contributed by atoms with van der Waals surface area (Å²) in [5, 5.41) is 13.1. The van der Waals surface area contributed by atoms with Gasteiger partial charge in [-0.25, -0.2) is 0 Å². The third-order valence-corrected chi connectivity index (χ3v) is 3.38. The molecule has 2 aromatic carbocycles. The number of nitrogens with one attached hydrogen (secondary N) is 1. The SMILES string of the molecule is COCc1ccccc1CNCc1ccc(O)c(Cl)c1. The Kier molecular flexibility index (Phi) is 5.41. The predicted octanol–water partition coefficient (Wildman–Crippen LogP) is 3.48. The van der Waals surface area contributed by atoms with Gasteiger partial charge in [-0.15, -0.1) is 0 Å². The second-order valence-electron chi connectivity index (χ2n) is 4.59. The molecule has 106 valence electrons. The van der Waals surface area contributed by atoms with Crippen LogP contribution in [0.3, 0.4) is 0 Å². The maximum Gasteiger partial charge on any atom is 0.134 e. The number of hydrogen-bond donors (Lipinski definition) is 2. The maximum absolute atomic E-state index is 9.38. The first-order chi connectivity index (χ1) is 9.70. The fourth-order valence-electron chi connectivity index (χ4n) is 2.03. The Morgan fingerprint density at radius 1 is 1.10 bits per heavy atom. The van der Waals surface area contributed by atoms with E-state index in [2.05, 4.69) is 17.4 Å². The summed E-state index contributed by atoms with van der Waals surface area (Å²) in [4.78, 5) is 0. The fraction of sp³-hybridized carbons (Fsp3) is 0.250. The van der Waals surface area contributed by atoms with Crippen molar-refractivity contribution in [1.29, 1.82) is 0 Å². The molecule has 3 nitrogen and oxygen atoms in total. The van der Waals surface area contributed by atoms with Gasteiger partial charge in [-0.05, 0) is 28.8 Å². The molecule has 20 heavy (non-hydrogen) atoms. The van der Waals surface area contributed by atoms with Crippen molar-refractivity contribution in [3.8, 4) is 5.75 Å². The summed E-state index contributed by atoms with van der Waals surface area (Å²) in [5.41, 5.74) is 3.45. The minimum atomic E-state index is 0.112. The molecule has 0 amide bonds.